The number of methoxy groups -OCH3 is 1. The van der Waals surface area contributed by atoms with E-state index in [4.69, 9.17) is 4.74 Å². The Kier molecular flexibility index (Phi) is 8.62. The topological polar surface area (TPSA) is 87.7 Å². The van der Waals surface area contributed by atoms with E-state index < -0.39 is 12.1 Å². The third-order valence-electron chi connectivity index (χ3n) is 12.1. The van der Waals surface area contributed by atoms with Gasteiger partial charge in [0.15, 0.2) is 5.78 Å². The van der Waals surface area contributed by atoms with Gasteiger partial charge in [-0.1, -0.05) is 55.7 Å². The minimum Gasteiger partial charge on any atom is -0.497 e. The predicted molar refractivity (Wildman–Crippen MR) is 175 cm³/mol. The molecule has 0 radical (unpaired) electrons. The number of hydrogen-bond donors (Lipinski definition) is 2. The van der Waals surface area contributed by atoms with Gasteiger partial charge in [-0.25, -0.2) is 4.79 Å². The average molecular weight is 612 g/mol. The predicted octanol–water partition coefficient (Wildman–Crippen LogP) is 7.33. The molecular weight excluding hydrogens is 562 g/mol. The standard InChI is InChI=1S/C38H49N3O4/c1-45-32-14-8-13-31(20-32)39-37(44)40-33-18-30(28-9-4-2-5-10-28)19-34(29-11-6-3-7-12-29)41(36(33)43)24-35(42)38-21-25-15-26(22-38)17-27(16-25)23-38/h2,4-5,8-10,13-14,20,25-27,29-30,33-34H,3,6-7,11-12,15-19,21-24H2,1H3,(H2,39,40,44). The number of Topliss-reactive ketones (excluding diaryl/α,β-unsaturated/α-hetero) is 1. The Hall–Kier alpha value is -3.35. The third-order valence-corrected chi connectivity index (χ3v) is 12.1. The highest BCUT2D eigenvalue weighted by Crippen LogP contribution is 2.60. The number of likely N-dealkylation sites (tertiary alicyclic amines) is 1. The Balaban J connectivity index is 1.19. The van der Waals surface area contributed by atoms with Crippen LogP contribution in [0.4, 0.5) is 10.5 Å². The molecule has 1 saturated heterocycles. The van der Waals surface area contributed by atoms with Gasteiger partial charge in [0.1, 0.15) is 11.8 Å². The zero-order valence-corrected chi connectivity index (χ0v) is 26.7. The zero-order valence-electron chi connectivity index (χ0n) is 26.7. The number of anilines is 1. The van der Waals surface area contributed by atoms with Gasteiger partial charge in [0.05, 0.1) is 13.7 Å². The molecule has 3 unspecified atom stereocenters. The van der Waals surface area contributed by atoms with E-state index in [1.165, 1.54) is 44.1 Å². The third kappa shape index (κ3) is 6.37. The molecule has 3 atom stereocenters. The lowest BCUT2D eigenvalue weighted by Gasteiger charge is -2.56. The van der Waals surface area contributed by atoms with Crippen LogP contribution in [0.25, 0.3) is 0 Å². The van der Waals surface area contributed by atoms with E-state index in [0.29, 0.717) is 41.5 Å². The van der Waals surface area contributed by atoms with E-state index >= 15 is 0 Å². The largest absolute Gasteiger partial charge is 0.497 e. The first-order valence-corrected chi connectivity index (χ1v) is 17.5. The molecule has 8 rings (SSSR count). The summed E-state index contributed by atoms with van der Waals surface area (Å²) in [5.74, 6) is 3.33. The Morgan fingerprint density at radius 2 is 1.56 bits per heavy atom. The highest BCUT2D eigenvalue weighted by molar-refractivity contribution is 5.96. The van der Waals surface area contributed by atoms with Crippen LogP contribution < -0.4 is 15.4 Å². The number of ketones is 1. The van der Waals surface area contributed by atoms with Crippen LogP contribution in [-0.2, 0) is 9.59 Å². The lowest BCUT2D eigenvalue weighted by Crippen LogP contribution is -2.57. The summed E-state index contributed by atoms with van der Waals surface area (Å²) < 4.78 is 5.33. The number of nitrogens with zero attached hydrogens (tertiary/aromatic N) is 1. The minimum absolute atomic E-state index is 0.00545. The van der Waals surface area contributed by atoms with Crippen LogP contribution in [0.3, 0.4) is 0 Å². The molecule has 4 bridgehead atoms. The van der Waals surface area contributed by atoms with E-state index in [1.807, 2.05) is 23.1 Å². The zero-order chi connectivity index (χ0) is 31.0. The summed E-state index contributed by atoms with van der Waals surface area (Å²) in [6.07, 6.45) is 14.0. The summed E-state index contributed by atoms with van der Waals surface area (Å²) in [6.45, 7) is 0.184. The minimum atomic E-state index is -0.724. The van der Waals surface area contributed by atoms with Crippen LogP contribution in [0.1, 0.15) is 95.0 Å². The first kappa shape index (κ1) is 30.3. The fourth-order valence-electron chi connectivity index (χ4n) is 10.3. The Bertz CT molecular complexity index is 1350. The van der Waals surface area contributed by atoms with E-state index in [9.17, 15) is 14.4 Å². The number of carbonyl (C=O) groups is 3. The number of benzene rings is 2. The monoisotopic (exact) mass is 611 g/mol. The Labute approximate surface area is 267 Å². The summed E-state index contributed by atoms with van der Waals surface area (Å²) in [5, 5.41) is 5.97. The second-order valence-electron chi connectivity index (χ2n) is 15.0. The number of rotatable bonds is 8. The van der Waals surface area contributed by atoms with Gasteiger partial charge in [-0.2, -0.15) is 0 Å². The van der Waals surface area contributed by atoms with E-state index in [1.54, 1.807) is 19.2 Å². The van der Waals surface area contributed by atoms with E-state index in [0.717, 1.165) is 38.5 Å². The molecule has 2 aromatic rings. The van der Waals surface area contributed by atoms with Crippen LogP contribution in [0, 0.1) is 29.1 Å². The van der Waals surface area contributed by atoms with Crippen molar-refractivity contribution in [1.29, 1.82) is 0 Å². The SMILES string of the molecule is COc1cccc(NC(=O)NC2CC(c3ccccc3)CC(C3CCCCC3)N(CC(=O)C34CC5CC(CC(C5)C3)C4)C2=O)c1. The second kappa shape index (κ2) is 12.8. The van der Waals surface area contributed by atoms with Crippen molar-refractivity contribution in [2.45, 2.75) is 101 Å². The summed E-state index contributed by atoms with van der Waals surface area (Å²) >= 11 is 0. The van der Waals surface area contributed by atoms with Gasteiger partial charge < -0.3 is 20.3 Å². The van der Waals surface area contributed by atoms with Crippen molar-refractivity contribution in [2.24, 2.45) is 29.1 Å². The molecule has 2 N–H and O–H groups in total. The van der Waals surface area contributed by atoms with Crippen molar-refractivity contribution in [3.63, 3.8) is 0 Å². The van der Waals surface area contributed by atoms with Gasteiger partial charge >= 0.3 is 6.03 Å². The first-order chi connectivity index (χ1) is 21.9. The van der Waals surface area contributed by atoms with Gasteiger partial charge in [-0.3, -0.25) is 9.59 Å². The number of carbonyl (C=O) groups excluding carboxylic acids is 3. The van der Waals surface area contributed by atoms with Crippen molar-refractivity contribution in [3.05, 3.63) is 60.2 Å². The van der Waals surface area contributed by atoms with Crippen LogP contribution in [0.5, 0.6) is 5.75 Å². The molecular formula is C38H49N3O4. The summed E-state index contributed by atoms with van der Waals surface area (Å²) in [6, 6.07) is 16.5. The van der Waals surface area contributed by atoms with Crippen LogP contribution >= 0.6 is 0 Å². The molecule has 3 amide bonds. The maximum absolute atomic E-state index is 14.7. The summed E-state index contributed by atoms with van der Waals surface area (Å²) in [4.78, 5) is 44.7. The smallest absolute Gasteiger partial charge is 0.319 e. The normalized spacial score (nSPS) is 33.0. The molecule has 0 aromatic heterocycles. The number of ether oxygens (including phenoxy) is 1. The van der Waals surface area contributed by atoms with Crippen LogP contribution in [0.15, 0.2) is 54.6 Å². The fraction of sp³-hybridized carbons (Fsp3) is 0.605. The van der Waals surface area contributed by atoms with Crippen molar-refractivity contribution < 1.29 is 19.1 Å². The van der Waals surface area contributed by atoms with Gasteiger partial charge in [-0.15, -0.1) is 0 Å². The lowest BCUT2D eigenvalue weighted by molar-refractivity contribution is -0.151. The summed E-state index contributed by atoms with van der Waals surface area (Å²) in [5.41, 5.74) is 1.53. The Morgan fingerprint density at radius 1 is 0.867 bits per heavy atom. The summed E-state index contributed by atoms with van der Waals surface area (Å²) in [7, 11) is 1.59. The lowest BCUT2D eigenvalue weighted by atomic mass is 9.48. The molecule has 45 heavy (non-hydrogen) atoms. The maximum Gasteiger partial charge on any atom is 0.319 e. The van der Waals surface area contributed by atoms with Crippen molar-refractivity contribution >= 4 is 23.4 Å². The highest BCUT2D eigenvalue weighted by Gasteiger charge is 2.55. The van der Waals surface area contributed by atoms with Crippen molar-refractivity contribution in [2.75, 3.05) is 19.0 Å². The first-order valence-electron chi connectivity index (χ1n) is 17.5. The molecule has 5 aliphatic carbocycles. The Morgan fingerprint density at radius 3 is 2.22 bits per heavy atom. The van der Waals surface area contributed by atoms with Crippen LogP contribution in [0.2, 0.25) is 0 Å². The molecule has 1 aliphatic heterocycles. The van der Waals surface area contributed by atoms with E-state index in [2.05, 4.69) is 34.9 Å². The fourth-order valence-corrected chi connectivity index (χ4v) is 10.3. The molecule has 7 nitrogen and oxygen atoms in total. The molecule has 5 saturated carbocycles. The number of urea groups is 1. The second-order valence-corrected chi connectivity index (χ2v) is 15.0. The molecule has 1 heterocycles. The average Bonchev–Trinajstić information content (AvgIpc) is 3.17. The molecule has 2 aromatic carbocycles. The number of amides is 3. The highest BCUT2D eigenvalue weighted by atomic mass is 16.5. The molecule has 6 fully saturated rings. The molecule has 240 valence electrons. The quantitative estimate of drug-likeness (QED) is 0.327. The molecule has 6 aliphatic rings. The van der Waals surface area contributed by atoms with Gasteiger partial charge in [-0.05, 0) is 111 Å². The number of hydrogen-bond acceptors (Lipinski definition) is 4. The molecule has 0 spiro atoms. The van der Waals surface area contributed by atoms with E-state index in [-0.39, 0.29) is 35.6 Å². The van der Waals surface area contributed by atoms with Gasteiger partial charge in [0, 0.05) is 23.2 Å². The van der Waals surface area contributed by atoms with Crippen molar-refractivity contribution in [1.82, 2.24) is 10.2 Å². The van der Waals surface area contributed by atoms with Crippen LogP contribution in [-0.4, -0.2) is 48.4 Å². The van der Waals surface area contributed by atoms with Gasteiger partial charge in [0.2, 0.25) is 5.91 Å². The number of nitrogens with one attached hydrogen (secondary N) is 2. The van der Waals surface area contributed by atoms with Gasteiger partial charge in [0.25, 0.3) is 0 Å². The molecule has 7 heteroatoms. The maximum atomic E-state index is 14.7. The van der Waals surface area contributed by atoms with Crippen molar-refractivity contribution in [3.8, 4) is 5.75 Å².